The molecule has 2 N–H and O–H groups in total. The molecule has 0 atom stereocenters. The molecule has 0 bridgehead atoms. The van der Waals surface area contributed by atoms with Gasteiger partial charge in [0.25, 0.3) is 0 Å². The Kier molecular flexibility index (Phi) is 4.74. The predicted octanol–water partition coefficient (Wildman–Crippen LogP) is 3.23. The summed E-state index contributed by atoms with van der Waals surface area (Å²) in [5.74, 6) is 0.672. The van der Waals surface area contributed by atoms with Crippen LogP contribution in [0, 0.1) is 20.8 Å². The van der Waals surface area contributed by atoms with Crippen LogP contribution >= 0.6 is 0 Å². The number of aromatic nitrogens is 1. The minimum atomic E-state index is -0.295. The normalized spacial score (nSPS) is 13.4. The van der Waals surface area contributed by atoms with Crippen LogP contribution in [0.3, 0.4) is 0 Å². The van der Waals surface area contributed by atoms with Gasteiger partial charge in [0.15, 0.2) is 5.82 Å². The maximum absolute atomic E-state index is 12.6. The van der Waals surface area contributed by atoms with Crippen LogP contribution in [0.2, 0.25) is 0 Å². The monoisotopic (exact) mass is 342 g/mol. The molecule has 2 aromatic rings. The summed E-state index contributed by atoms with van der Waals surface area (Å²) in [4.78, 5) is 26.4. The number of amides is 3. The fourth-order valence-electron chi connectivity index (χ4n) is 2.66. The SMILES string of the molecule is Cc1ccc(NC(=O)N(CC(=O)Nc2cc(C)on2)C2CC2)c(C)c1. The second-order valence-electron chi connectivity index (χ2n) is 6.48. The summed E-state index contributed by atoms with van der Waals surface area (Å²) in [5, 5.41) is 9.28. The summed E-state index contributed by atoms with van der Waals surface area (Å²) in [6.45, 7) is 5.68. The number of nitrogens with one attached hydrogen (secondary N) is 2. The molecule has 1 aromatic heterocycles. The van der Waals surface area contributed by atoms with E-state index in [-0.39, 0.29) is 24.5 Å². The molecule has 25 heavy (non-hydrogen) atoms. The van der Waals surface area contributed by atoms with Crippen LogP contribution in [0.5, 0.6) is 0 Å². The molecule has 0 aliphatic heterocycles. The Bertz CT molecular complexity index is 795. The van der Waals surface area contributed by atoms with E-state index in [0.717, 1.165) is 29.7 Å². The minimum absolute atomic E-state index is 0.0205. The summed E-state index contributed by atoms with van der Waals surface area (Å²) in [7, 11) is 0. The first kappa shape index (κ1) is 17.0. The molecule has 1 saturated carbocycles. The van der Waals surface area contributed by atoms with Crippen molar-refractivity contribution in [1.82, 2.24) is 10.1 Å². The molecular formula is C18H22N4O3. The smallest absolute Gasteiger partial charge is 0.322 e. The second kappa shape index (κ2) is 6.96. The highest BCUT2D eigenvalue weighted by molar-refractivity contribution is 5.97. The van der Waals surface area contributed by atoms with E-state index in [4.69, 9.17) is 4.52 Å². The van der Waals surface area contributed by atoms with Gasteiger partial charge in [0.1, 0.15) is 12.3 Å². The van der Waals surface area contributed by atoms with Crippen molar-refractivity contribution in [2.45, 2.75) is 39.7 Å². The van der Waals surface area contributed by atoms with Gasteiger partial charge in [-0.1, -0.05) is 22.9 Å². The van der Waals surface area contributed by atoms with Gasteiger partial charge in [-0.25, -0.2) is 4.79 Å². The van der Waals surface area contributed by atoms with Crippen LogP contribution < -0.4 is 10.6 Å². The highest BCUT2D eigenvalue weighted by Gasteiger charge is 2.34. The number of aryl methyl sites for hydroxylation is 3. The largest absolute Gasteiger partial charge is 0.360 e. The fraction of sp³-hybridized carbons (Fsp3) is 0.389. The Labute approximate surface area is 146 Å². The topological polar surface area (TPSA) is 87.5 Å². The Balaban J connectivity index is 1.64. The molecule has 7 heteroatoms. The Morgan fingerprint density at radius 3 is 2.56 bits per heavy atom. The number of hydrogen-bond donors (Lipinski definition) is 2. The number of anilines is 2. The molecule has 1 aromatic carbocycles. The molecule has 1 heterocycles. The standard InChI is InChI=1S/C18H22N4O3/c1-11-4-7-15(12(2)8-11)19-18(24)22(14-5-6-14)10-17(23)20-16-9-13(3)25-21-16/h4,7-9,14H,5-6,10H2,1-3H3,(H,19,24)(H,20,21,23). The van der Waals surface area contributed by atoms with Crippen molar-refractivity contribution in [3.05, 3.63) is 41.2 Å². The molecule has 0 unspecified atom stereocenters. The third-order valence-electron chi connectivity index (χ3n) is 4.08. The first-order valence-electron chi connectivity index (χ1n) is 8.30. The fourth-order valence-corrected chi connectivity index (χ4v) is 2.66. The van der Waals surface area contributed by atoms with E-state index in [2.05, 4.69) is 15.8 Å². The molecule has 0 radical (unpaired) electrons. The lowest BCUT2D eigenvalue weighted by Gasteiger charge is -2.22. The van der Waals surface area contributed by atoms with Gasteiger partial charge in [-0.2, -0.15) is 0 Å². The van der Waals surface area contributed by atoms with Crippen LogP contribution in [0.25, 0.3) is 0 Å². The van der Waals surface area contributed by atoms with Gasteiger partial charge in [-0.05, 0) is 45.2 Å². The first-order valence-corrected chi connectivity index (χ1v) is 8.30. The van der Waals surface area contributed by atoms with Crippen molar-refractivity contribution in [1.29, 1.82) is 0 Å². The first-order chi connectivity index (χ1) is 11.9. The van der Waals surface area contributed by atoms with E-state index < -0.39 is 0 Å². The number of hydrogen-bond acceptors (Lipinski definition) is 4. The lowest BCUT2D eigenvalue weighted by molar-refractivity contribution is -0.116. The van der Waals surface area contributed by atoms with Crippen molar-refractivity contribution < 1.29 is 14.1 Å². The molecule has 0 saturated heterocycles. The van der Waals surface area contributed by atoms with Gasteiger partial charge >= 0.3 is 6.03 Å². The summed E-state index contributed by atoms with van der Waals surface area (Å²) in [6.07, 6.45) is 1.83. The molecule has 1 aliphatic rings. The van der Waals surface area contributed by atoms with Crippen LogP contribution in [0.1, 0.15) is 29.7 Å². The van der Waals surface area contributed by atoms with Crippen molar-refractivity contribution in [3.8, 4) is 0 Å². The summed E-state index contributed by atoms with van der Waals surface area (Å²) in [6, 6.07) is 7.32. The van der Waals surface area contributed by atoms with Gasteiger partial charge in [0, 0.05) is 17.8 Å². The Morgan fingerprint density at radius 2 is 1.96 bits per heavy atom. The minimum Gasteiger partial charge on any atom is -0.360 e. The molecule has 0 spiro atoms. The zero-order valence-electron chi connectivity index (χ0n) is 14.6. The van der Waals surface area contributed by atoms with Gasteiger partial charge in [0.2, 0.25) is 5.91 Å². The number of carbonyl (C=O) groups is 2. The van der Waals surface area contributed by atoms with Crippen molar-refractivity contribution in [2.24, 2.45) is 0 Å². The van der Waals surface area contributed by atoms with E-state index in [1.165, 1.54) is 0 Å². The average Bonchev–Trinajstić information content (AvgIpc) is 3.30. The number of nitrogens with zero attached hydrogens (tertiary/aromatic N) is 2. The van der Waals surface area contributed by atoms with Crippen LogP contribution in [0.4, 0.5) is 16.3 Å². The van der Waals surface area contributed by atoms with Gasteiger partial charge in [-0.3, -0.25) is 4.79 Å². The number of rotatable bonds is 5. The third-order valence-corrected chi connectivity index (χ3v) is 4.08. The van der Waals surface area contributed by atoms with Crippen molar-refractivity contribution in [2.75, 3.05) is 17.2 Å². The Hall–Kier alpha value is -2.83. The molecule has 7 nitrogen and oxygen atoms in total. The molecular weight excluding hydrogens is 320 g/mol. The van der Waals surface area contributed by atoms with Crippen molar-refractivity contribution >= 4 is 23.4 Å². The summed E-state index contributed by atoms with van der Waals surface area (Å²) >= 11 is 0. The van der Waals surface area contributed by atoms with Gasteiger partial charge in [-0.15, -0.1) is 0 Å². The van der Waals surface area contributed by atoms with E-state index in [1.807, 2.05) is 32.0 Å². The highest BCUT2D eigenvalue weighted by Crippen LogP contribution is 2.28. The number of carbonyl (C=O) groups excluding carboxylic acids is 2. The zero-order valence-corrected chi connectivity index (χ0v) is 14.6. The Morgan fingerprint density at radius 1 is 1.20 bits per heavy atom. The molecule has 1 aliphatic carbocycles. The molecule has 132 valence electrons. The molecule has 3 rings (SSSR count). The predicted molar refractivity (Wildman–Crippen MR) is 94.5 cm³/mol. The lowest BCUT2D eigenvalue weighted by Crippen LogP contribution is -2.42. The lowest BCUT2D eigenvalue weighted by atomic mass is 10.1. The van der Waals surface area contributed by atoms with Crippen LogP contribution in [-0.2, 0) is 4.79 Å². The van der Waals surface area contributed by atoms with Crippen LogP contribution in [0.15, 0.2) is 28.8 Å². The maximum atomic E-state index is 12.6. The number of urea groups is 1. The van der Waals surface area contributed by atoms with Gasteiger partial charge < -0.3 is 20.1 Å². The maximum Gasteiger partial charge on any atom is 0.322 e. The molecule has 1 fully saturated rings. The summed E-state index contributed by atoms with van der Waals surface area (Å²) in [5.41, 5.74) is 2.89. The van der Waals surface area contributed by atoms with E-state index in [1.54, 1.807) is 17.9 Å². The second-order valence-corrected chi connectivity index (χ2v) is 6.48. The zero-order chi connectivity index (χ0) is 18.0. The average molecular weight is 342 g/mol. The van der Waals surface area contributed by atoms with E-state index in [9.17, 15) is 9.59 Å². The quantitative estimate of drug-likeness (QED) is 0.873. The highest BCUT2D eigenvalue weighted by atomic mass is 16.5. The van der Waals surface area contributed by atoms with E-state index in [0.29, 0.717) is 11.6 Å². The van der Waals surface area contributed by atoms with Gasteiger partial charge in [0.05, 0.1) is 0 Å². The number of benzene rings is 1. The van der Waals surface area contributed by atoms with E-state index >= 15 is 0 Å². The third kappa shape index (κ3) is 4.37. The van der Waals surface area contributed by atoms with Crippen LogP contribution in [-0.4, -0.2) is 34.6 Å². The molecule has 3 amide bonds. The van der Waals surface area contributed by atoms with Crippen molar-refractivity contribution in [3.63, 3.8) is 0 Å². The summed E-state index contributed by atoms with van der Waals surface area (Å²) < 4.78 is 4.92.